The molecule has 1 aliphatic heterocycles. The molecule has 0 aliphatic carbocycles. The van der Waals surface area contributed by atoms with Gasteiger partial charge in [0.25, 0.3) is 5.89 Å². The third kappa shape index (κ3) is 3.21. The minimum absolute atomic E-state index is 0.572. The van der Waals surface area contributed by atoms with Crippen LogP contribution in [0.3, 0.4) is 0 Å². The largest absolute Gasteiger partial charge is 0.334 e. The predicted molar refractivity (Wildman–Crippen MR) is 88.0 cm³/mol. The van der Waals surface area contributed by atoms with Crippen molar-refractivity contribution in [2.24, 2.45) is 5.92 Å². The van der Waals surface area contributed by atoms with Crippen molar-refractivity contribution in [2.75, 3.05) is 6.54 Å². The molecular weight excluding hydrogens is 304 g/mol. The van der Waals surface area contributed by atoms with Crippen LogP contribution in [0.4, 0.5) is 0 Å². The number of hydrogen-bond acceptors (Lipinski definition) is 6. The summed E-state index contributed by atoms with van der Waals surface area (Å²) in [4.78, 5) is 4.47. The van der Waals surface area contributed by atoms with Gasteiger partial charge < -0.3 is 14.4 Å². The van der Waals surface area contributed by atoms with Crippen LogP contribution < -0.4 is 5.32 Å². The van der Waals surface area contributed by atoms with Crippen LogP contribution in [0.1, 0.15) is 23.6 Å². The molecule has 1 aliphatic rings. The van der Waals surface area contributed by atoms with E-state index in [4.69, 9.17) is 4.52 Å². The van der Waals surface area contributed by atoms with Gasteiger partial charge in [-0.25, -0.2) is 0 Å². The number of benzene rings is 1. The molecule has 7 heteroatoms. The summed E-state index contributed by atoms with van der Waals surface area (Å²) in [6.45, 7) is 4.55. The average Bonchev–Trinajstić information content (AvgIpc) is 3.23. The first-order chi connectivity index (χ1) is 11.8. The number of fused-ring (bicyclic) bond motifs is 1. The van der Waals surface area contributed by atoms with E-state index in [0.717, 1.165) is 37.3 Å². The van der Waals surface area contributed by atoms with Gasteiger partial charge in [-0.15, -0.1) is 10.2 Å². The van der Waals surface area contributed by atoms with E-state index >= 15 is 0 Å². The molecule has 0 radical (unpaired) electrons. The van der Waals surface area contributed by atoms with Gasteiger partial charge in [0.15, 0.2) is 5.82 Å². The van der Waals surface area contributed by atoms with Crippen LogP contribution >= 0.6 is 0 Å². The lowest BCUT2D eigenvalue weighted by Crippen LogP contribution is -2.30. The Morgan fingerprint density at radius 2 is 2.33 bits per heavy atom. The first-order valence-corrected chi connectivity index (χ1v) is 8.25. The molecule has 124 valence electrons. The highest BCUT2D eigenvalue weighted by atomic mass is 16.5. The van der Waals surface area contributed by atoms with E-state index in [2.05, 4.69) is 30.2 Å². The molecular formula is C17H20N6O. The SMILES string of the molecule is Cc1cccc(-c2nc(CNC[C@H]3CCc4nncn4C3)no2)c1. The van der Waals surface area contributed by atoms with Crippen molar-refractivity contribution in [1.29, 1.82) is 0 Å². The lowest BCUT2D eigenvalue weighted by atomic mass is 9.99. The van der Waals surface area contributed by atoms with Crippen molar-refractivity contribution < 1.29 is 4.52 Å². The van der Waals surface area contributed by atoms with Crippen LogP contribution in [0.2, 0.25) is 0 Å². The molecule has 0 bridgehead atoms. The van der Waals surface area contributed by atoms with E-state index in [9.17, 15) is 0 Å². The number of nitrogens with zero attached hydrogens (tertiary/aromatic N) is 5. The van der Waals surface area contributed by atoms with Gasteiger partial charge in [0.1, 0.15) is 12.2 Å². The van der Waals surface area contributed by atoms with E-state index in [-0.39, 0.29) is 0 Å². The van der Waals surface area contributed by atoms with Gasteiger partial charge in [0, 0.05) is 25.1 Å². The second kappa shape index (κ2) is 6.52. The van der Waals surface area contributed by atoms with Gasteiger partial charge in [-0.2, -0.15) is 4.98 Å². The van der Waals surface area contributed by atoms with E-state index in [0.29, 0.717) is 24.2 Å². The topological polar surface area (TPSA) is 81.7 Å². The zero-order valence-corrected chi connectivity index (χ0v) is 13.6. The highest BCUT2D eigenvalue weighted by molar-refractivity contribution is 5.53. The van der Waals surface area contributed by atoms with E-state index < -0.39 is 0 Å². The predicted octanol–water partition coefficient (Wildman–Crippen LogP) is 1.99. The number of hydrogen-bond donors (Lipinski definition) is 1. The molecule has 0 saturated heterocycles. The molecule has 4 rings (SSSR count). The van der Waals surface area contributed by atoms with Crippen molar-refractivity contribution in [3.63, 3.8) is 0 Å². The third-order valence-corrected chi connectivity index (χ3v) is 4.38. The molecule has 1 N–H and O–H groups in total. The maximum atomic E-state index is 5.36. The van der Waals surface area contributed by atoms with Crippen LogP contribution in [0, 0.1) is 12.8 Å². The minimum Gasteiger partial charge on any atom is -0.334 e. The molecule has 0 spiro atoms. The molecule has 3 aromatic rings. The van der Waals surface area contributed by atoms with E-state index in [1.807, 2.05) is 37.5 Å². The Labute approximate surface area is 140 Å². The first-order valence-electron chi connectivity index (χ1n) is 8.25. The number of rotatable bonds is 5. The van der Waals surface area contributed by atoms with Gasteiger partial charge in [-0.3, -0.25) is 0 Å². The molecule has 0 amide bonds. The van der Waals surface area contributed by atoms with Gasteiger partial charge in [-0.1, -0.05) is 22.9 Å². The normalized spacial score (nSPS) is 17.0. The molecule has 3 heterocycles. The number of nitrogens with one attached hydrogen (secondary N) is 1. The highest BCUT2D eigenvalue weighted by Crippen LogP contribution is 2.19. The summed E-state index contributed by atoms with van der Waals surface area (Å²) in [5.41, 5.74) is 2.14. The van der Waals surface area contributed by atoms with Crippen molar-refractivity contribution in [3.8, 4) is 11.5 Å². The minimum atomic E-state index is 0.572. The molecule has 1 atom stereocenters. The maximum Gasteiger partial charge on any atom is 0.257 e. The van der Waals surface area contributed by atoms with Crippen LogP contribution in [0.5, 0.6) is 0 Å². The lowest BCUT2D eigenvalue weighted by molar-refractivity contribution is 0.344. The van der Waals surface area contributed by atoms with Crippen LogP contribution in [-0.4, -0.2) is 31.4 Å². The smallest absolute Gasteiger partial charge is 0.257 e. The molecule has 0 unspecified atom stereocenters. The Morgan fingerprint density at radius 3 is 3.25 bits per heavy atom. The lowest BCUT2D eigenvalue weighted by Gasteiger charge is -2.22. The van der Waals surface area contributed by atoms with Crippen LogP contribution in [-0.2, 0) is 19.5 Å². The van der Waals surface area contributed by atoms with Crippen LogP contribution in [0.15, 0.2) is 35.1 Å². The Kier molecular flexibility index (Phi) is 4.08. The summed E-state index contributed by atoms with van der Waals surface area (Å²) >= 11 is 0. The van der Waals surface area contributed by atoms with Gasteiger partial charge in [0.2, 0.25) is 0 Å². The summed E-state index contributed by atoms with van der Waals surface area (Å²) in [6, 6.07) is 8.07. The maximum absolute atomic E-state index is 5.36. The molecule has 0 saturated carbocycles. The van der Waals surface area contributed by atoms with Crippen molar-refractivity contribution in [1.82, 2.24) is 30.2 Å². The monoisotopic (exact) mass is 324 g/mol. The van der Waals surface area contributed by atoms with Crippen molar-refractivity contribution >= 4 is 0 Å². The quantitative estimate of drug-likeness (QED) is 0.773. The Morgan fingerprint density at radius 1 is 1.38 bits per heavy atom. The summed E-state index contributed by atoms with van der Waals surface area (Å²) < 4.78 is 7.50. The first kappa shape index (κ1) is 15.0. The summed E-state index contributed by atoms with van der Waals surface area (Å²) in [5, 5.41) is 15.6. The second-order valence-electron chi connectivity index (χ2n) is 6.32. The third-order valence-electron chi connectivity index (χ3n) is 4.38. The fourth-order valence-electron chi connectivity index (χ4n) is 3.10. The Balaban J connectivity index is 1.31. The summed E-state index contributed by atoms with van der Waals surface area (Å²) in [6.07, 6.45) is 3.94. The van der Waals surface area contributed by atoms with Gasteiger partial charge >= 0.3 is 0 Å². The summed E-state index contributed by atoms with van der Waals surface area (Å²) in [7, 11) is 0. The Bertz CT molecular complexity index is 824. The summed E-state index contributed by atoms with van der Waals surface area (Å²) in [5.74, 6) is 2.93. The molecule has 2 aromatic heterocycles. The van der Waals surface area contributed by atoms with Crippen molar-refractivity contribution in [2.45, 2.75) is 32.9 Å². The van der Waals surface area contributed by atoms with E-state index in [1.165, 1.54) is 5.56 Å². The molecule has 7 nitrogen and oxygen atoms in total. The average molecular weight is 324 g/mol. The zero-order chi connectivity index (χ0) is 16.4. The van der Waals surface area contributed by atoms with Gasteiger partial charge in [-0.05, 0) is 31.4 Å². The standard InChI is InChI=1S/C17H20N6O/c1-12-3-2-4-14(7-12)17-20-15(22-24-17)9-18-8-13-5-6-16-21-19-11-23(16)10-13/h2-4,7,11,13,18H,5-6,8-10H2,1H3/t13-/m1/s1. The molecule has 0 fully saturated rings. The molecule has 1 aromatic carbocycles. The van der Waals surface area contributed by atoms with E-state index in [1.54, 1.807) is 0 Å². The van der Waals surface area contributed by atoms with Gasteiger partial charge in [0.05, 0.1) is 6.54 Å². The van der Waals surface area contributed by atoms with Crippen LogP contribution in [0.25, 0.3) is 11.5 Å². The number of aryl methyl sites for hydroxylation is 2. The highest BCUT2D eigenvalue weighted by Gasteiger charge is 2.19. The Hall–Kier alpha value is -2.54. The molecule has 24 heavy (non-hydrogen) atoms. The zero-order valence-electron chi connectivity index (χ0n) is 13.6. The van der Waals surface area contributed by atoms with Crippen molar-refractivity contribution in [3.05, 3.63) is 47.8 Å². The fraction of sp³-hybridized carbons (Fsp3) is 0.412. The second-order valence-corrected chi connectivity index (χ2v) is 6.32. The fourth-order valence-corrected chi connectivity index (χ4v) is 3.10. The number of aromatic nitrogens is 5.